The first-order chi connectivity index (χ1) is 11.2. The number of benzene rings is 3. The zero-order chi connectivity index (χ0) is 15.8. The van der Waals surface area contributed by atoms with Crippen LogP contribution in [-0.2, 0) is 0 Å². The zero-order valence-corrected chi connectivity index (χ0v) is 13.0. The molecule has 0 atom stereocenters. The first kappa shape index (κ1) is 13.9. The topological polar surface area (TPSA) is 40.5 Å². The summed E-state index contributed by atoms with van der Waals surface area (Å²) in [6.07, 6.45) is 0. The molecular weight excluding hydrogens is 304 g/mol. The van der Waals surface area contributed by atoms with E-state index in [-0.39, 0.29) is 11.5 Å². The van der Waals surface area contributed by atoms with Crippen molar-refractivity contribution in [1.29, 1.82) is 0 Å². The summed E-state index contributed by atoms with van der Waals surface area (Å²) in [6.45, 7) is 0. The second-order valence-electron chi connectivity index (χ2n) is 5.40. The lowest BCUT2D eigenvalue weighted by Gasteiger charge is -2.06. The van der Waals surface area contributed by atoms with Gasteiger partial charge in [0.1, 0.15) is 11.5 Å². The van der Waals surface area contributed by atoms with Gasteiger partial charge in [-0.2, -0.15) is 0 Å². The van der Waals surface area contributed by atoms with E-state index in [4.69, 9.17) is 0 Å². The normalized spacial score (nSPS) is 11.0. The first-order valence-electron chi connectivity index (χ1n) is 7.33. The van der Waals surface area contributed by atoms with Crippen LogP contribution in [0, 0.1) is 0 Å². The van der Waals surface area contributed by atoms with Gasteiger partial charge in [0, 0.05) is 20.5 Å². The number of phenols is 2. The summed E-state index contributed by atoms with van der Waals surface area (Å²) >= 11 is 1.71. The molecule has 0 bridgehead atoms. The largest absolute Gasteiger partial charge is 0.508 e. The molecule has 4 rings (SSSR count). The predicted molar refractivity (Wildman–Crippen MR) is 96.0 cm³/mol. The van der Waals surface area contributed by atoms with Crippen LogP contribution in [0.4, 0.5) is 0 Å². The van der Waals surface area contributed by atoms with Crippen molar-refractivity contribution in [2.24, 2.45) is 0 Å². The summed E-state index contributed by atoms with van der Waals surface area (Å²) in [4.78, 5) is 1.12. The molecule has 3 heteroatoms. The third-order valence-electron chi connectivity index (χ3n) is 3.86. The van der Waals surface area contributed by atoms with E-state index in [1.54, 1.807) is 35.6 Å². The number of hydrogen-bond acceptors (Lipinski definition) is 3. The molecule has 0 aliphatic carbocycles. The number of rotatable bonds is 2. The van der Waals surface area contributed by atoms with Gasteiger partial charge in [0.2, 0.25) is 0 Å². The van der Waals surface area contributed by atoms with E-state index >= 15 is 0 Å². The Morgan fingerprint density at radius 2 is 1.43 bits per heavy atom. The van der Waals surface area contributed by atoms with Gasteiger partial charge in [-0.05, 0) is 41.5 Å². The molecule has 0 spiro atoms. The zero-order valence-electron chi connectivity index (χ0n) is 12.2. The fourth-order valence-corrected chi connectivity index (χ4v) is 4.03. The average molecular weight is 318 g/mol. The van der Waals surface area contributed by atoms with Gasteiger partial charge in [-0.3, -0.25) is 0 Å². The minimum atomic E-state index is 0.257. The molecule has 3 aromatic carbocycles. The quantitative estimate of drug-likeness (QED) is 0.501. The molecule has 1 heterocycles. The number of aromatic hydroxyl groups is 2. The van der Waals surface area contributed by atoms with Crippen molar-refractivity contribution in [3.8, 4) is 33.1 Å². The maximum absolute atomic E-state index is 9.82. The fraction of sp³-hybridized carbons (Fsp3) is 0. The van der Waals surface area contributed by atoms with Gasteiger partial charge in [-0.25, -0.2) is 0 Å². The minimum absolute atomic E-state index is 0.257. The Balaban J connectivity index is 2.04. The molecule has 0 aliphatic rings. The van der Waals surface area contributed by atoms with E-state index in [2.05, 4.69) is 12.1 Å². The monoisotopic (exact) mass is 318 g/mol. The highest BCUT2D eigenvalue weighted by molar-refractivity contribution is 7.23. The van der Waals surface area contributed by atoms with Crippen LogP contribution in [0.3, 0.4) is 0 Å². The lowest BCUT2D eigenvalue weighted by Crippen LogP contribution is -1.80. The molecule has 0 saturated carbocycles. The van der Waals surface area contributed by atoms with E-state index in [0.29, 0.717) is 0 Å². The Kier molecular flexibility index (Phi) is 3.28. The standard InChI is InChI=1S/C20H14O2S/c21-15-10-8-13(9-11-15)19-17-6-1-2-7-18(17)23-20(19)14-4-3-5-16(22)12-14/h1-12,21-22H. The maximum atomic E-state index is 9.82. The van der Waals surface area contributed by atoms with Crippen LogP contribution in [0.15, 0.2) is 72.8 Å². The lowest BCUT2D eigenvalue weighted by atomic mass is 9.99. The van der Waals surface area contributed by atoms with Crippen molar-refractivity contribution in [3.05, 3.63) is 72.8 Å². The van der Waals surface area contributed by atoms with Gasteiger partial charge in [0.25, 0.3) is 0 Å². The Morgan fingerprint density at radius 3 is 2.22 bits per heavy atom. The van der Waals surface area contributed by atoms with Crippen LogP contribution in [-0.4, -0.2) is 10.2 Å². The molecule has 2 nitrogen and oxygen atoms in total. The summed E-state index contributed by atoms with van der Waals surface area (Å²) in [5.74, 6) is 0.517. The maximum Gasteiger partial charge on any atom is 0.116 e. The van der Waals surface area contributed by atoms with Crippen LogP contribution >= 0.6 is 11.3 Å². The molecule has 0 radical (unpaired) electrons. The van der Waals surface area contributed by atoms with Gasteiger partial charge in [-0.1, -0.05) is 42.5 Å². The highest BCUT2D eigenvalue weighted by Crippen LogP contribution is 2.45. The number of phenolic OH excluding ortho intramolecular Hbond substituents is 2. The van der Waals surface area contributed by atoms with Crippen molar-refractivity contribution in [2.45, 2.75) is 0 Å². The van der Waals surface area contributed by atoms with Gasteiger partial charge >= 0.3 is 0 Å². The van der Waals surface area contributed by atoms with Crippen molar-refractivity contribution in [2.75, 3.05) is 0 Å². The van der Waals surface area contributed by atoms with Crippen LogP contribution < -0.4 is 0 Å². The van der Waals surface area contributed by atoms with E-state index < -0.39 is 0 Å². The Morgan fingerprint density at radius 1 is 0.652 bits per heavy atom. The third kappa shape index (κ3) is 2.45. The second-order valence-corrected chi connectivity index (χ2v) is 6.45. The van der Waals surface area contributed by atoms with E-state index in [0.717, 1.165) is 21.6 Å². The molecule has 1 aromatic heterocycles. The molecule has 4 aromatic rings. The van der Waals surface area contributed by atoms with E-state index in [9.17, 15) is 10.2 Å². The molecule has 0 saturated heterocycles. The van der Waals surface area contributed by atoms with E-state index in [1.165, 1.54) is 10.1 Å². The Bertz CT molecular complexity index is 984. The molecule has 0 aliphatic heterocycles. The molecule has 112 valence electrons. The molecular formula is C20H14O2S. The lowest BCUT2D eigenvalue weighted by molar-refractivity contribution is 0.475. The molecule has 2 N–H and O–H groups in total. The molecule has 23 heavy (non-hydrogen) atoms. The van der Waals surface area contributed by atoms with Crippen molar-refractivity contribution < 1.29 is 10.2 Å². The predicted octanol–water partition coefficient (Wildman–Crippen LogP) is 5.65. The average Bonchev–Trinajstić information content (AvgIpc) is 2.95. The second kappa shape index (κ2) is 5.45. The Labute approximate surface area is 137 Å². The Hall–Kier alpha value is -2.78. The van der Waals surface area contributed by atoms with Gasteiger partial charge in [0.05, 0.1) is 0 Å². The van der Waals surface area contributed by atoms with Gasteiger partial charge < -0.3 is 10.2 Å². The fourth-order valence-electron chi connectivity index (χ4n) is 2.81. The van der Waals surface area contributed by atoms with Crippen molar-refractivity contribution >= 4 is 21.4 Å². The first-order valence-corrected chi connectivity index (χ1v) is 8.14. The molecule has 0 unspecified atom stereocenters. The highest BCUT2D eigenvalue weighted by atomic mass is 32.1. The summed E-state index contributed by atoms with van der Waals surface area (Å²) in [6, 6.07) is 22.9. The van der Waals surface area contributed by atoms with Crippen LogP contribution in [0.1, 0.15) is 0 Å². The van der Waals surface area contributed by atoms with Crippen LogP contribution in [0.5, 0.6) is 11.5 Å². The summed E-state index contributed by atoms with van der Waals surface area (Å²) in [7, 11) is 0. The van der Waals surface area contributed by atoms with Gasteiger partial charge in [0.15, 0.2) is 0 Å². The van der Waals surface area contributed by atoms with Crippen LogP contribution in [0.2, 0.25) is 0 Å². The van der Waals surface area contributed by atoms with E-state index in [1.807, 2.05) is 36.4 Å². The summed E-state index contributed by atoms with van der Waals surface area (Å²) in [5, 5.41) is 20.6. The van der Waals surface area contributed by atoms with Gasteiger partial charge in [-0.15, -0.1) is 11.3 Å². The molecule has 0 fully saturated rings. The number of fused-ring (bicyclic) bond motifs is 1. The van der Waals surface area contributed by atoms with Crippen LogP contribution in [0.25, 0.3) is 31.7 Å². The minimum Gasteiger partial charge on any atom is -0.508 e. The number of thiophene rings is 1. The highest BCUT2D eigenvalue weighted by Gasteiger charge is 2.15. The smallest absolute Gasteiger partial charge is 0.116 e. The number of hydrogen-bond donors (Lipinski definition) is 2. The SMILES string of the molecule is Oc1ccc(-c2c(-c3cccc(O)c3)sc3ccccc23)cc1. The summed E-state index contributed by atoms with van der Waals surface area (Å²) in [5.41, 5.74) is 3.18. The molecule has 0 amide bonds. The third-order valence-corrected chi connectivity index (χ3v) is 5.08. The van der Waals surface area contributed by atoms with Crippen molar-refractivity contribution in [1.82, 2.24) is 0 Å². The summed E-state index contributed by atoms with van der Waals surface area (Å²) < 4.78 is 1.20. The van der Waals surface area contributed by atoms with Crippen molar-refractivity contribution in [3.63, 3.8) is 0 Å².